The van der Waals surface area contributed by atoms with Gasteiger partial charge in [0.15, 0.2) is 5.82 Å². The SMILES string of the molecule is CCNC1CCN(c2cc(-c3ccc(NC(=O)OC(C)(C)C)c(OC)c3)c3c(N)ncnn23)CC1. The Kier molecular flexibility index (Phi) is 7.02. The van der Waals surface area contributed by atoms with Gasteiger partial charge in [-0.1, -0.05) is 13.0 Å². The molecule has 4 N–H and O–H groups in total. The molecule has 2 aromatic heterocycles. The van der Waals surface area contributed by atoms with Gasteiger partial charge in [0.25, 0.3) is 0 Å². The van der Waals surface area contributed by atoms with E-state index < -0.39 is 11.7 Å². The lowest BCUT2D eigenvalue weighted by Gasteiger charge is -2.33. The Bertz CT molecular complexity index is 1190. The first-order valence-electron chi connectivity index (χ1n) is 12.0. The van der Waals surface area contributed by atoms with Crippen molar-refractivity contribution in [3.8, 4) is 16.9 Å². The predicted octanol–water partition coefficient (Wildman–Crippen LogP) is 3.91. The number of piperidine rings is 1. The standard InChI is InChI=1S/C25H35N7O3/c1-6-27-17-9-11-31(12-10-17)21-14-18(22-23(26)28-15-29-32(21)22)16-7-8-19(20(13-16)34-5)30-24(33)35-25(2,3)4/h7-8,13-15,17,27H,6,9-12H2,1-5H3,(H,30,33)(H2,26,28,29). The van der Waals surface area contributed by atoms with Crippen LogP contribution >= 0.6 is 0 Å². The molecule has 0 bridgehead atoms. The Morgan fingerprint density at radius 2 is 1.97 bits per heavy atom. The van der Waals surface area contributed by atoms with Crippen molar-refractivity contribution in [3.05, 3.63) is 30.6 Å². The average Bonchev–Trinajstić information content (AvgIpc) is 3.20. The third kappa shape index (κ3) is 5.43. The number of nitrogens with two attached hydrogens (primary N) is 1. The average molecular weight is 482 g/mol. The van der Waals surface area contributed by atoms with Crippen LogP contribution in [0.3, 0.4) is 0 Å². The number of rotatable bonds is 6. The zero-order valence-corrected chi connectivity index (χ0v) is 21.1. The van der Waals surface area contributed by atoms with E-state index in [1.165, 1.54) is 6.33 Å². The number of benzene rings is 1. The van der Waals surface area contributed by atoms with Gasteiger partial charge in [0.2, 0.25) is 0 Å². The maximum absolute atomic E-state index is 12.3. The zero-order chi connectivity index (χ0) is 25.2. The van der Waals surface area contributed by atoms with Gasteiger partial charge in [-0.05, 0) is 63.9 Å². The molecular weight excluding hydrogens is 446 g/mol. The van der Waals surface area contributed by atoms with Gasteiger partial charge < -0.3 is 25.4 Å². The highest BCUT2D eigenvalue weighted by Crippen LogP contribution is 2.38. The number of ether oxygens (including phenoxy) is 2. The lowest BCUT2D eigenvalue weighted by Crippen LogP contribution is -2.42. The summed E-state index contributed by atoms with van der Waals surface area (Å²) in [5.41, 5.74) is 8.75. The van der Waals surface area contributed by atoms with Gasteiger partial charge in [-0.3, -0.25) is 5.32 Å². The lowest BCUT2D eigenvalue weighted by atomic mass is 10.0. The fraction of sp³-hybridized carbons (Fsp3) is 0.480. The minimum absolute atomic E-state index is 0.402. The molecule has 1 fully saturated rings. The highest BCUT2D eigenvalue weighted by Gasteiger charge is 2.24. The maximum atomic E-state index is 12.3. The number of carbonyl (C=O) groups is 1. The number of fused-ring (bicyclic) bond motifs is 1. The maximum Gasteiger partial charge on any atom is 0.412 e. The van der Waals surface area contributed by atoms with Crippen LogP contribution in [-0.2, 0) is 4.74 Å². The number of amides is 1. The summed E-state index contributed by atoms with van der Waals surface area (Å²) in [5, 5.41) is 10.8. The Labute approximate surface area is 205 Å². The molecule has 0 aliphatic carbocycles. The second-order valence-corrected chi connectivity index (χ2v) is 9.68. The van der Waals surface area contributed by atoms with E-state index in [0.29, 0.717) is 23.3 Å². The van der Waals surface area contributed by atoms with Crippen LogP contribution in [0.2, 0.25) is 0 Å². The smallest absolute Gasteiger partial charge is 0.412 e. The normalized spacial score (nSPS) is 14.8. The largest absolute Gasteiger partial charge is 0.495 e. The monoisotopic (exact) mass is 481 g/mol. The fourth-order valence-electron chi connectivity index (χ4n) is 4.47. The van der Waals surface area contributed by atoms with Crippen LogP contribution in [-0.4, -0.2) is 59.1 Å². The van der Waals surface area contributed by atoms with Crippen molar-refractivity contribution < 1.29 is 14.3 Å². The van der Waals surface area contributed by atoms with Crippen LogP contribution in [0.25, 0.3) is 16.6 Å². The number of hydrogen-bond acceptors (Lipinski definition) is 8. The van der Waals surface area contributed by atoms with E-state index in [4.69, 9.17) is 15.2 Å². The molecule has 0 atom stereocenters. The van der Waals surface area contributed by atoms with E-state index in [0.717, 1.165) is 54.9 Å². The lowest BCUT2D eigenvalue weighted by molar-refractivity contribution is 0.0635. The molecule has 0 saturated carbocycles. The molecule has 0 unspecified atom stereocenters. The summed E-state index contributed by atoms with van der Waals surface area (Å²) >= 11 is 0. The van der Waals surface area contributed by atoms with Crippen LogP contribution < -0.4 is 26.0 Å². The third-order valence-corrected chi connectivity index (χ3v) is 6.02. The van der Waals surface area contributed by atoms with E-state index in [1.54, 1.807) is 13.2 Å². The quantitative estimate of drug-likeness (QED) is 0.485. The topological polar surface area (TPSA) is 119 Å². The molecule has 0 spiro atoms. The summed E-state index contributed by atoms with van der Waals surface area (Å²) in [6.45, 7) is 10.4. The van der Waals surface area contributed by atoms with Crippen molar-refractivity contribution in [2.45, 2.75) is 52.2 Å². The summed E-state index contributed by atoms with van der Waals surface area (Å²) < 4.78 is 12.8. The number of nitrogens with zero attached hydrogens (tertiary/aromatic N) is 4. The van der Waals surface area contributed by atoms with Crippen molar-refractivity contribution in [1.82, 2.24) is 19.9 Å². The van der Waals surface area contributed by atoms with E-state index in [9.17, 15) is 4.79 Å². The van der Waals surface area contributed by atoms with Crippen LogP contribution in [0.15, 0.2) is 30.6 Å². The van der Waals surface area contributed by atoms with Crippen LogP contribution in [0.4, 0.5) is 22.1 Å². The van der Waals surface area contributed by atoms with Gasteiger partial charge in [0, 0.05) is 24.7 Å². The van der Waals surface area contributed by atoms with Crippen molar-refractivity contribution in [2.24, 2.45) is 0 Å². The Hall–Kier alpha value is -3.53. The van der Waals surface area contributed by atoms with Gasteiger partial charge in [0.1, 0.15) is 29.0 Å². The molecular formula is C25H35N7O3. The van der Waals surface area contributed by atoms with Crippen LogP contribution in [0.1, 0.15) is 40.5 Å². The highest BCUT2D eigenvalue weighted by atomic mass is 16.6. The number of anilines is 3. The van der Waals surface area contributed by atoms with Crippen molar-refractivity contribution in [3.63, 3.8) is 0 Å². The van der Waals surface area contributed by atoms with Crippen LogP contribution in [0.5, 0.6) is 5.75 Å². The minimum atomic E-state index is -0.600. The van der Waals surface area contributed by atoms with E-state index in [-0.39, 0.29) is 0 Å². The van der Waals surface area contributed by atoms with Gasteiger partial charge >= 0.3 is 6.09 Å². The first-order chi connectivity index (χ1) is 16.7. The summed E-state index contributed by atoms with van der Waals surface area (Å²) in [4.78, 5) is 18.9. The second-order valence-electron chi connectivity index (χ2n) is 9.68. The van der Waals surface area contributed by atoms with Gasteiger partial charge in [-0.2, -0.15) is 5.10 Å². The molecule has 188 valence electrons. The van der Waals surface area contributed by atoms with Crippen molar-refractivity contribution in [2.75, 3.05) is 42.7 Å². The van der Waals surface area contributed by atoms with E-state index in [1.807, 2.05) is 37.4 Å². The number of aromatic nitrogens is 3. The number of nitrogens with one attached hydrogen (secondary N) is 2. The number of hydrogen-bond donors (Lipinski definition) is 3. The summed E-state index contributed by atoms with van der Waals surface area (Å²) in [6, 6.07) is 8.22. The number of carbonyl (C=O) groups excluding carboxylic acids is 1. The summed E-state index contributed by atoms with van der Waals surface area (Å²) in [6.07, 6.45) is 3.07. The van der Waals surface area contributed by atoms with E-state index in [2.05, 4.69) is 38.6 Å². The molecule has 1 aliphatic heterocycles. The van der Waals surface area contributed by atoms with Gasteiger partial charge in [0.05, 0.1) is 12.8 Å². The molecule has 1 aromatic carbocycles. The summed E-state index contributed by atoms with van der Waals surface area (Å²) in [5.74, 6) is 1.89. The number of nitrogen functional groups attached to an aromatic ring is 1. The Morgan fingerprint density at radius 1 is 1.23 bits per heavy atom. The molecule has 1 amide bonds. The molecule has 10 nitrogen and oxygen atoms in total. The van der Waals surface area contributed by atoms with Gasteiger partial charge in [-0.25, -0.2) is 14.3 Å². The molecule has 35 heavy (non-hydrogen) atoms. The first kappa shape index (κ1) is 24.6. The van der Waals surface area contributed by atoms with Crippen molar-refractivity contribution >= 4 is 28.9 Å². The minimum Gasteiger partial charge on any atom is -0.495 e. The highest BCUT2D eigenvalue weighted by molar-refractivity contribution is 5.93. The second kappa shape index (κ2) is 9.99. The third-order valence-electron chi connectivity index (χ3n) is 6.02. The van der Waals surface area contributed by atoms with Crippen LogP contribution in [0, 0.1) is 0 Å². The molecule has 1 saturated heterocycles. The zero-order valence-electron chi connectivity index (χ0n) is 21.1. The first-order valence-corrected chi connectivity index (χ1v) is 12.0. The molecule has 3 heterocycles. The molecule has 1 aliphatic rings. The number of methoxy groups -OCH3 is 1. The molecule has 10 heteroatoms. The molecule has 4 rings (SSSR count). The fourth-order valence-corrected chi connectivity index (χ4v) is 4.47. The predicted molar refractivity (Wildman–Crippen MR) is 138 cm³/mol. The molecule has 3 aromatic rings. The summed E-state index contributed by atoms with van der Waals surface area (Å²) in [7, 11) is 1.56. The Balaban J connectivity index is 1.68. The van der Waals surface area contributed by atoms with Gasteiger partial charge in [-0.15, -0.1) is 0 Å². The van der Waals surface area contributed by atoms with E-state index >= 15 is 0 Å². The van der Waals surface area contributed by atoms with Crippen molar-refractivity contribution in [1.29, 1.82) is 0 Å². The Morgan fingerprint density at radius 3 is 2.63 bits per heavy atom. The molecule has 0 radical (unpaired) electrons.